The summed E-state index contributed by atoms with van der Waals surface area (Å²) >= 11 is 0. The van der Waals surface area contributed by atoms with Crippen molar-refractivity contribution in [1.82, 2.24) is 9.80 Å². The Kier molecular flexibility index (Phi) is 2.61. The molecule has 0 saturated carbocycles. The molecule has 2 saturated heterocycles. The van der Waals surface area contributed by atoms with Crippen molar-refractivity contribution in [1.29, 1.82) is 0 Å². The standard InChI is InChI=1S/C12H24N2O/c1-11(2,3)13-6-7-14-10(8-13)9-15-12(14,4)5/h10H,6-9H2,1-5H3. The predicted molar refractivity (Wildman–Crippen MR) is 61.9 cm³/mol. The molecule has 2 heterocycles. The summed E-state index contributed by atoms with van der Waals surface area (Å²) < 4.78 is 5.85. The molecule has 2 fully saturated rings. The van der Waals surface area contributed by atoms with Crippen molar-refractivity contribution in [2.75, 3.05) is 26.2 Å². The molecule has 0 radical (unpaired) electrons. The van der Waals surface area contributed by atoms with E-state index in [-0.39, 0.29) is 5.72 Å². The predicted octanol–water partition coefficient (Wildman–Crippen LogP) is 1.54. The van der Waals surface area contributed by atoms with Crippen LogP contribution in [-0.4, -0.2) is 53.3 Å². The summed E-state index contributed by atoms with van der Waals surface area (Å²) in [5.74, 6) is 0. The first-order valence-corrected chi connectivity index (χ1v) is 5.96. The van der Waals surface area contributed by atoms with E-state index >= 15 is 0 Å². The molecule has 2 rings (SSSR count). The SMILES string of the molecule is CC(C)(C)N1CCN2C(COC2(C)C)C1. The molecular weight excluding hydrogens is 188 g/mol. The molecule has 0 N–H and O–H groups in total. The Morgan fingerprint density at radius 3 is 2.47 bits per heavy atom. The maximum Gasteiger partial charge on any atom is 0.116 e. The van der Waals surface area contributed by atoms with Gasteiger partial charge in [0.05, 0.1) is 6.61 Å². The Morgan fingerprint density at radius 1 is 1.20 bits per heavy atom. The van der Waals surface area contributed by atoms with Crippen molar-refractivity contribution in [2.24, 2.45) is 0 Å². The van der Waals surface area contributed by atoms with Gasteiger partial charge in [0.1, 0.15) is 5.72 Å². The fraction of sp³-hybridized carbons (Fsp3) is 1.00. The van der Waals surface area contributed by atoms with Gasteiger partial charge >= 0.3 is 0 Å². The smallest absolute Gasteiger partial charge is 0.116 e. The van der Waals surface area contributed by atoms with Crippen molar-refractivity contribution in [3.05, 3.63) is 0 Å². The molecule has 15 heavy (non-hydrogen) atoms. The minimum absolute atomic E-state index is 0.0470. The van der Waals surface area contributed by atoms with Gasteiger partial charge in [-0.1, -0.05) is 0 Å². The second kappa shape index (κ2) is 3.44. The number of piperazine rings is 1. The van der Waals surface area contributed by atoms with E-state index in [0.717, 1.165) is 26.2 Å². The average Bonchev–Trinajstić information content (AvgIpc) is 2.41. The first-order valence-electron chi connectivity index (χ1n) is 5.96. The Balaban J connectivity index is 2.04. The molecule has 3 nitrogen and oxygen atoms in total. The monoisotopic (exact) mass is 212 g/mol. The van der Waals surface area contributed by atoms with E-state index in [4.69, 9.17) is 4.74 Å². The third kappa shape index (κ3) is 2.05. The zero-order chi connectivity index (χ0) is 11.3. The average molecular weight is 212 g/mol. The number of ether oxygens (including phenoxy) is 1. The lowest BCUT2D eigenvalue weighted by Crippen LogP contribution is -2.59. The molecule has 0 bridgehead atoms. The van der Waals surface area contributed by atoms with Crippen LogP contribution in [0.25, 0.3) is 0 Å². The van der Waals surface area contributed by atoms with Crippen LogP contribution in [-0.2, 0) is 4.74 Å². The third-order valence-electron chi connectivity index (χ3n) is 3.75. The van der Waals surface area contributed by atoms with Crippen LogP contribution < -0.4 is 0 Å². The van der Waals surface area contributed by atoms with Crippen LogP contribution in [0.2, 0.25) is 0 Å². The van der Waals surface area contributed by atoms with Crippen LogP contribution in [0, 0.1) is 0 Å². The van der Waals surface area contributed by atoms with Crippen molar-refractivity contribution in [2.45, 2.75) is 51.9 Å². The van der Waals surface area contributed by atoms with Gasteiger partial charge < -0.3 is 4.74 Å². The Morgan fingerprint density at radius 2 is 1.87 bits per heavy atom. The van der Waals surface area contributed by atoms with Gasteiger partial charge in [-0.15, -0.1) is 0 Å². The lowest BCUT2D eigenvalue weighted by Gasteiger charge is -2.46. The van der Waals surface area contributed by atoms with Crippen LogP contribution in [0.3, 0.4) is 0 Å². The number of nitrogens with zero attached hydrogens (tertiary/aromatic N) is 2. The summed E-state index contributed by atoms with van der Waals surface area (Å²) in [4.78, 5) is 5.08. The summed E-state index contributed by atoms with van der Waals surface area (Å²) in [5.41, 5.74) is 0.244. The van der Waals surface area contributed by atoms with Gasteiger partial charge in [0, 0.05) is 31.2 Å². The van der Waals surface area contributed by atoms with Crippen molar-refractivity contribution < 1.29 is 4.74 Å². The highest BCUT2D eigenvalue weighted by atomic mass is 16.5. The quantitative estimate of drug-likeness (QED) is 0.606. The Labute approximate surface area is 93.4 Å². The highest BCUT2D eigenvalue weighted by molar-refractivity contribution is 4.95. The van der Waals surface area contributed by atoms with E-state index in [1.54, 1.807) is 0 Å². The zero-order valence-corrected chi connectivity index (χ0v) is 10.7. The van der Waals surface area contributed by atoms with Crippen molar-refractivity contribution in [3.8, 4) is 0 Å². The van der Waals surface area contributed by atoms with Gasteiger partial charge in [-0.2, -0.15) is 0 Å². The van der Waals surface area contributed by atoms with Gasteiger partial charge in [0.2, 0.25) is 0 Å². The molecule has 3 heteroatoms. The van der Waals surface area contributed by atoms with Crippen LogP contribution in [0.15, 0.2) is 0 Å². The first-order chi connectivity index (χ1) is 6.81. The molecule has 0 spiro atoms. The fourth-order valence-corrected chi connectivity index (χ4v) is 2.70. The summed E-state index contributed by atoms with van der Waals surface area (Å²) in [6, 6.07) is 0.591. The number of hydrogen-bond acceptors (Lipinski definition) is 3. The van der Waals surface area contributed by atoms with E-state index in [0.29, 0.717) is 11.6 Å². The minimum atomic E-state index is -0.0470. The molecule has 2 aliphatic rings. The van der Waals surface area contributed by atoms with E-state index < -0.39 is 0 Å². The van der Waals surface area contributed by atoms with E-state index in [2.05, 4.69) is 44.4 Å². The number of rotatable bonds is 0. The van der Waals surface area contributed by atoms with Crippen LogP contribution in [0.1, 0.15) is 34.6 Å². The van der Waals surface area contributed by atoms with Gasteiger partial charge in [-0.05, 0) is 34.6 Å². The summed E-state index contributed by atoms with van der Waals surface area (Å²) in [6.07, 6.45) is 0. The molecule has 0 aromatic heterocycles. The number of fused-ring (bicyclic) bond motifs is 1. The fourth-order valence-electron chi connectivity index (χ4n) is 2.70. The maximum absolute atomic E-state index is 5.85. The van der Waals surface area contributed by atoms with Gasteiger partial charge in [0.15, 0.2) is 0 Å². The zero-order valence-electron chi connectivity index (χ0n) is 10.7. The summed E-state index contributed by atoms with van der Waals surface area (Å²) in [6.45, 7) is 15.6. The summed E-state index contributed by atoms with van der Waals surface area (Å²) in [5, 5.41) is 0. The lowest BCUT2D eigenvalue weighted by atomic mass is 10.0. The van der Waals surface area contributed by atoms with Gasteiger partial charge in [0.25, 0.3) is 0 Å². The second-order valence-electron chi connectivity index (χ2n) is 6.22. The normalized spacial score (nSPS) is 33.0. The maximum atomic E-state index is 5.85. The Hall–Kier alpha value is -0.120. The molecule has 0 aromatic rings. The van der Waals surface area contributed by atoms with E-state index in [1.807, 2.05) is 0 Å². The molecule has 1 atom stereocenters. The van der Waals surface area contributed by atoms with Crippen LogP contribution in [0.4, 0.5) is 0 Å². The molecule has 0 amide bonds. The molecule has 2 aliphatic heterocycles. The van der Waals surface area contributed by atoms with Crippen molar-refractivity contribution in [3.63, 3.8) is 0 Å². The highest BCUT2D eigenvalue weighted by Gasteiger charge is 2.44. The lowest BCUT2D eigenvalue weighted by molar-refractivity contribution is -0.0715. The minimum Gasteiger partial charge on any atom is -0.359 e. The topological polar surface area (TPSA) is 15.7 Å². The first kappa shape index (κ1) is 11.4. The molecule has 88 valence electrons. The Bertz CT molecular complexity index is 244. The van der Waals surface area contributed by atoms with Gasteiger partial charge in [-0.25, -0.2) is 0 Å². The van der Waals surface area contributed by atoms with E-state index in [9.17, 15) is 0 Å². The van der Waals surface area contributed by atoms with Crippen LogP contribution >= 0.6 is 0 Å². The number of hydrogen-bond donors (Lipinski definition) is 0. The van der Waals surface area contributed by atoms with Gasteiger partial charge in [-0.3, -0.25) is 9.80 Å². The highest BCUT2D eigenvalue weighted by Crippen LogP contribution is 2.31. The van der Waals surface area contributed by atoms with E-state index in [1.165, 1.54) is 0 Å². The largest absolute Gasteiger partial charge is 0.359 e. The van der Waals surface area contributed by atoms with Crippen LogP contribution in [0.5, 0.6) is 0 Å². The third-order valence-corrected chi connectivity index (χ3v) is 3.75. The summed E-state index contributed by atoms with van der Waals surface area (Å²) in [7, 11) is 0. The second-order valence-corrected chi connectivity index (χ2v) is 6.22. The molecular formula is C12H24N2O. The van der Waals surface area contributed by atoms with Crippen molar-refractivity contribution >= 4 is 0 Å². The molecule has 1 unspecified atom stereocenters. The molecule has 0 aliphatic carbocycles. The molecule has 0 aromatic carbocycles.